The van der Waals surface area contributed by atoms with E-state index in [1.165, 1.54) is 50.7 Å². The Morgan fingerprint density at radius 2 is 1.73 bits per heavy atom. The summed E-state index contributed by atoms with van der Waals surface area (Å²) in [6.45, 7) is 1.36. The highest BCUT2D eigenvalue weighted by Gasteiger charge is 2.11. The third kappa shape index (κ3) is 6.56. The average molecular weight is 306 g/mol. The second-order valence-corrected chi connectivity index (χ2v) is 6.12. The Morgan fingerprint density at radius 1 is 1.05 bits per heavy atom. The van der Waals surface area contributed by atoms with E-state index in [0.717, 1.165) is 18.5 Å². The van der Waals surface area contributed by atoms with E-state index >= 15 is 0 Å². The lowest BCUT2D eigenvalue weighted by Crippen LogP contribution is -2.33. The Kier molecular flexibility index (Phi) is 7.37. The highest BCUT2D eigenvalue weighted by molar-refractivity contribution is 5.76. The Hall–Kier alpha value is -1.42. The number of benzene rings is 1. The molecule has 0 unspecified atom stereocenters. The van der Waals surface area contributed by atoms with Crippen LogP contribution in [0.3, 0.4) is 0 Å². The molecule has 0 aromatic heterocycles. The molecule has 0 atom stereocenters. The van der Waals surface area contributed by atoms with Gasteiger partial charge in [0.1, 0.15) is 5.82 Å². The van der Waals surface area contributed by atoms with Gasteiger partial charge in [0.05, 0.1) is 0 Å². The van der Waals surface area contributed by atoms with Crippen LogP contribution in [0.1, 0.15) is 50.5 Å². The van der Waals surface area contributed by atoms with Gasteiger partial charge in [0.2, 0.25) is 5.91 Å². The Balaban J connectivity index is 1.54. The van der Waals surface area contributed by atoms with Crippen molar-refractivity contribution in [2.24, 2.45) is 0 Å². The van der Waals surface area contributed by atoms with Crippen molar-refractivity contribution in [2.75, 3.05) is 13.1 Å². The van der Waals surface area contributed by atoms with Crippen LogP contribution in [0, 0.1) is 5.82 Å². The zero-order chi connectivity index (χ0) is 15.6. The quantitative estimate of drug-likeness (QED) is 0.760. The van der Waals surface area contributed by atoms with Crippen LogP contribution < -0.4 is 10.6 Å². The first-order valence-electron chi connectivity index (χ1n) is 8.48. The maximum Gasteiger partial charge on any atom is 0.221 e. The summed E-state index contributed by atoms with van der Waals surface area (Å²) in [4.78, 5) is 11.8. The van der Waals surface area contributed by atoms with E-state index in [1.54, 1.807) is 12.1 Å². The van der Waals surface area contributed by atoms with Crippen molar-refractivity contribution in [2.45, 2.75) is 57.4 Å². The number of carbonyl (C=O) groups excluding carboxylic acids is 1. The molecule has 0 spiro atoms. The van der Waals surface area contributed by atoms with Gasteiger partial charge in [0.15, 0.2) is 0 Å². The van der Waals surface area contributed by atoms with E-state index in [0.29, 0.717) is 19.0 Å². The van der Waals surface area contributed by atoms with Gasteiger partial charge in [0.25, 0.3) is 0 Å². The second-order valence-electron chi connectivity index (χ2n) is 6.12. The van der Waals surface area contributed by atoms with E-state index in [4.69, 9.17) is 0 Å². The fourth-order valence-electron chi connectivity index (χ4n) is 2.96. The van der Waals surface area contributed by atoms with Gasteiger partial charge in [-0.1, -0.05) is 37.8 Å². The molecule has 122 valence electrons. The number of hydrogen-bond acceptors (Lipinski definition) is 2. The average Bonchev–Trinajstić information content (AvgIpc) is 2.78. The van der Waals surface area contributed by atoms with E-state index in [-0.39, 0.29) is 11.7 Å². The highest BCUT2D eigenvalue weighted by atomic mass is 19.1. The summed E-state index contributed by atoms with van der Waals surface area (Å²) in [6.07, 6.45) is 9.06. The number of halogens is 1. The highest BCUT2D eigenvalue weighted by Crippen LogP contribution is 2.16. The molecule has 1 aliphatic carbocycles. The lowest BCUT2D eigenvalue weighted by atomic mass is 10.1. The molecule has 2 rings (SSSR count). The summed E-state index contributed by atoms with van der Waals surface area (Å²) < 4.78 is 12.8. The molecule has 0 aliphatic heterocycles. The molecule has 0 radical (unpaired) electrons. The summed E-state index contributed by atoms with van der Waals surface area (Å²) in [5.74, 6) is -0.138. The predicted octanol–water partition coefficient (Wildman–Crippen LogP) is 3.19. The van der Waals surface area contributed by atoms with E-state index in [1.807, 2.05) is 0 Å². The van der Waals surface area contributed by atoms with Crippen LogP contribution in [0.5, 0.6) is 0 Å². The molecular weight excluding hydrogens is 279 g/mol. The molecule has 1 aliphatic rings. The fraction of sp³-hybridized carbons (Fsp3) is 0.611. The second kappa shape index (κ2) is 9.57. The molecule has 1 aromatic rings. The van der Waals surface area contributed by atoms with E-state index in [2.05, 4.69) is 10.6 Å². The van der Waals surface area contributed by atoms with Gasteiger partial charge in [0, 0.05) is 25.6 Å². The van der Waals surface area contributed by atoms with Crippen LogP contribution in [0.15, 0.2) is 24.3 Å². The number of carbonyl (C=O) groups is 1. The van der Waals surface area contributed by atoms with Crippen LogP contribution in [-0.2, 0) is 11.2 Å². The minimum atomic E-state index is -0.225. The van der Waals surface area contributed by atoms with Gasteiger partial charge in [-0.3, -0.25) is 4.79 Å². The number of nitrogens with one attached hydrogen (secondary N) is 2. The normalized spacial score (nSPS) is 16.2. The monoisotopic (exact) mass is 306 g/mol. The van der Waals surface area contributed by atoms with Crippen molar-refractivity contribution in [3.05, 3.63) is 35.6 Å². The molecule has 2 N–H and O–H groups in total. The van der Waals surface area contributed by atoms with Crippen LogP contribution in [0.4, 0.5) is 4.39 Å². The van der Waals surface area contributed by atoms with Crippen LogP contribution in [-0.4, -0.2) is 25.0 Å². The van der Waals surface area contributed by atoms with Crippen molar-refractivity contribution in [3.8, 4) is 0 Å². The Labute approximate surface area is 132 Å². The zero-order valence-electron chi connectivity index (χ0n) is 13.2. The predicted molar refractivity (Wildman–Crippen MR) is 87.2 cm³/mol. The first-order chi connectivity index (χ1) is 10.7. The lowest BCUT2D eigenvalue weighted by molar-refractivity contribution is -0.120. The van der Waals surface area contributed by atoms with Crippen molar-refractivity contribution < 1.29 is 9.18 Å². The molecule has 0 saturated heterocycles. The molecule has 1 aromatic carbocycles. The van der Waals surface area contributed by atoms with Crippen molar-refractivity contribution in [1.82, 2.24) is 10.6 Å². The van der Waals surface area contributed by atoms with Gasteiger partial charge in [-0.25, -0.2) is 4.39 Å². The molecule has 4 heteroatoms. The van der Waals surface area contributed by atoms with Crippen LogP contribution >= 0.6 is 0 Å². The molecule has 1 saturated carbocycles. The number of rotatable bonds is 7. The molecule has 3 nitrogen and oxygen atoms in total. The summed E-state index contributed by atoms with van der Waals surface area (Å²) in [7, 11) is 0. The smallest absolute Gasteiger partial charge is 0.221 e. The summed E-state index contributed by atoms with van der Waals surface area (Å²) in [5, 5.41) is 6.43. The molecule has 1 fully saturated rings. The molecular formula is C18H27FN2O. The maximum atomic E-state index is 12.8. The molecule has 22 heavy (non-hydrogen) atoms. The van der Waals surface area contributed by atoms with Gasteiger partial charge in [-0.2, -0.15) is 0 Å². The van der Waals surface area contributed by atoms with Gasteiger partial charge < -0.3 is 10.6 Å². The third-order valence-corrected chi connectivity index (χ3v) is 4.29. The zero-order valence-corrected chi connectivity index (χ0v) is 13.2. The first-order valence-corrected chi connectivity index (χ1v) is 8.48. The fourth-order valence-corrected chi connectivity index (χ4v) is 2.96. The van der Waals surface area contributed by atoms with Crippen molar-refractivity contribution in [1.29, 1.82) is 0 Å². The lowest BCUT2D eigenvalue weighted by Gasteiger charge is -2.15. The van der Waals surface area contributed by atoms with E-state index in [9.17, 15) is 9.18 Å². The van der Waals surface area contributed by atoms with Gasteiger partial charge in [-0.05, 0) is 37.0 Å². The topological polar surface area (TPSA) is 41.1 Å². The van der Waals surface area contributed by atoms with Gasteiger partial charge >= 0.3 is 0 Å². The Morgan fingerprint density at radius 3 is 2.41 bits per heavy atom. The van der Waals surface area contributed by atoms with Crippen LogP contribution in [0.2, 0.25) is 0 Å². The maximum absolute atomic E-state index is 12.8. The Bertz CT molecular complexity index is 439. The largest absolute Gasteiger partial charge is 0.356 e. The molecule has 1 amide bonds. The van der Waals surface area contributed by atoms with Gasteiger partial charge in [-0.15, -0.1) is 0 Å². The van der Waals surface area contributed by atoms with Crippen LogP contribution in [0.25, 0.3) is 0 Å². The standard InChI is InChI=1S/C18H27FN2O/c19-16-9-7-15(8-10-16)11-13-21-18(22)12-14-20-17-5-3-1-2-4-6-17/h7-10,17,20H,1-6,11-14H2,(H,21,22). The SMILES string of the molecule is O=C(CCNC1CCCCCC1)NCCc1ccc(F)cc1. The molecule has 0 heterocycles. The van der Waals surface area contributed by atoms with Crippen molar-refractivity contribution in [3.63, 3.8) is 0 Å². The van der Waals surface area contributed by atoms with Crippen molar-refractivity contribution >= 4 is 5.91 Å². The number of amides is 1. The minimum absolute atomic E-state index is 0.0863. The van der Waals surface area contributed by atoms with E-state index < -0.39 is 0 Å². The third-order valence-electron chi connectivity index (χ3n) is 4.29. The number of hydrogen-bond donors (Lipinski definition) is 2. The minimum Gasteiger partial charge on any atom is -0.356 e. The first kappa shape index (κ1) is 16.9. The summed E-state index contributed by atoms with van der Waals surface area (Å²) >= 11 is 0. The molecule has 0 bridgehead atoms. The summed E-state index contributed by atoms with van der Waals surface area (Å²) in [6, 6.07) is 7.01. The summed E-state index contributed by atoms with van der Waals surface area (Å²) in [5.41, 5.74) is 1.04.